The van der Waals surface area contributed by atoms with Gasteiger partial charge in [0.25, 0.3) is 0 Å². The molecule has 1 saturated carbocycles. The van der Waals surface area contributed by atoms with Crippen LogP contribution in [0, 0.1) is 23.6 Å². The molecule has 1 aliphatic carbocycles. The molecule has 2 saturated heterocycles. The molecule has 2 heterocycles. The first-order valence-corrected chi connectivity index (χ1v) is 9.45. The molecule has 2 unspecified atom stereocenters. The van der Waals surface area contributed by atoms with Crippen LogP contribution in [-0.2, 0) is 9.53 Å². The Morgan fingerprint density at radius 3 is 2.70 bits per heavy atom. The van der Waals surface area contributed by atoms with Crippen molar-refractivity contribution in [3.8, 4) is 0 Å². The minimum Gasteiger partial charge on any atom is -0.442 e. The summed E-state index contributed by atoms with van der Waals surface area (Å²) in [6.07, 6.45) is 0.0975. The third kappa shape index (κ3) is 3.45. The summed E-state index contributed by atoms with van der Waals surface area (Å²) in [5.41, 5.74) is 6.69. The number of fused-ring (bicyclic) bond motifs is 1. The Hall–Kier alpha value is -2.35. The number of amides is 2. The highest BCUT2D eigenvalue weighted by atomic mass is 19.1. The van der Waals surface area contributed by atoms with Crippen molar-refractivity contribution in [2.75, 3.05) is 42.5 Å². The Bertz CT molecular complexity index is 746. The van der Waals surface area contributed by atoms with E-state index in [-0.39, 0.29) is 24.8 Å². The summed E-state index contributed by atoms with van der Waals surface area (Å²) < 4.78 is 20.0. The predicted molar refractivity (Wildman–Crippen MR) is 99.1 cm³/mol. The van der Waals surface area contributed by atoms with Crippen LogP contribution in [0.15, 0.2) is 18.2 Å². The molecule has 1 aromatic rings. The number of carbonyl (C=O) groups is 2. The number of nitrogens with one attached hydrogen (secondary N) is 1. The summed E-state index contributed by atoms with van der Waals surface area (Å²) in [7, 11) is 0. The number of nitrogens with zero attached hydrogens (tertiary/aromatic N) is 2. The van der Waals surface area contributed by atoms with Crippen LogP contribution in [0.2, 0.25) is 0 Å². The summed E-state index contributed by atoms with van der Waals surface area (Å²) in [5, 5.41) is 2.63. The van der Waals surface area contributed by atoms with Gasteiger partial charge in [-0.15, -0.1) is 0 Å². The van der Waals surface area contributed by atoms with Gasteiger partial charge in [0.2, 0.25) is 5.91 Å². The lowest BCUT2D eigenvalue weighted by molar-refractivity contribution is -0.119. The molecular formula is C19H25FN4O3. The molecule has 3 atom stereocenters. The smallest absolute Gasteiger partial charge is 0.414 e. The molecule has 0 spiro atoms. The summed E-state index contributed by atoms with van der Waals surface area (Å²) in [5.74, 6) is 1.46. The maximum Gasteiger partial charge on any atom is 0.414 e. The van der Waals surface area contributed by atoms with Crippen LogP contribution >= 0.6 is 0 Å². The topological polar surface area (TPSA) is 87.9 Å². The number of nitrogens with two attached hydrogens (primary N) is 1. The zero-order valence-electron chi connectivity index (χ0n) is 15.4. The van der Waals surface area contributed by atoms with Gasteiger partial charge >= 0.3 is 6.09 Å². The van der Waals surface area contributed by atoms with Crippen molar-refractivity contribution in [2.45, 2.75) is 19.4 Å². The van der Waals surface area contributed by atoms with Crippen LogP contribution in [-0.4, -0.2) is 50.8 Å². The Morgan fingerprint density at radius 1 is 1.33 bits per heavy atom. The summed E-state index contributed by atoms with van der Waals surface area (Å²) in [6, 6.07) is 4.88. The van der Waals surface area contributed by atoms with E-state index in [4.69, 9.17) is 10.5 Å². The molecule has 8 heteroatoms. The Morgan fingerprint density at radius 2 is 2.07 bits per heavy atom. The van der Waals surface area contributed by atoms with E-state index in [9.17, 15) is 14.0 Å². The standard InChI is InChI=1S/C19H25FN4O3/c1-11(25)22-7-13-8-24(19(26)27-13)12-2-3-18(17(20)6-12)23-9-15-14(4-5-21)16(15)10-23/h2-3,6,13-16H,4-5,7-10,21H2,1H3,(H,22,25)/t13-,14?,15?,16?/m0/s1. The van der Waals surface area contributed by atoms with E-state index in [1.807, 2.05) is 0 Å². The van der Waals surface area contributed by atoms with Gasteiger partial charge in [0, 0.05) is 20.0 Å². The minimum absolute atomic E-state index is 0.183. The van der Waals surface area contributed by atoms with Gasteiger partial charge in [0.05, 0.1) is 24.5 Å². The van der Waals surface area contributed by atoms with E-state index >= 15 is 0 Å². The first-order valence-electron chi connectivity index (χ1n) is 9.45. The van der Waals surface area contributed by atoms with Crippen LogP contribution in [0.1, 0.15) is 13.3 Å². The Kier molecular flexibility index (Phi) is 4.67. The lowest BCUT2D eigenvalue weighted by Crippen LogP contribution is -2.33. The third-order valence-corrected chi connectivity index (χ3v) is 5.91. The average Bonchev–Trinajstić information content (AvgIpc) is 2.98. The summed E-state index contributed by atoms with van der Waals surface area (Å²) in [6.45, 7) is 4.40. The normalized spacial score (nSPS) is 28.9. The molecule has 2 amide bonds. The van der Waals surface area contributed by atoms with Crippen LogP contribution in [0.25, 0.3) is 0 Å². The Balaban J connectivity index is 1.39. The molecule has 3 N–H and O–H groups in total. The van der Waals surface area contributed by atoms with Crippen LogP contribution in [0.5, 0.6) is 0 Å². The van der Waals surface area contributed by atoms with E-state index in [1.54, 1.807) is 12.1 Å². The fourth-order valence-corrected chi connectivity index (χ4v) is 4.48. The van der Waals surface area contributed by atoms with Gasteiger partial charge < -0.3 is 20.7 Å². The fraction of sp³-hybridized carbons (Fsp3) is 0.579. The van der Waals surface area contributed by atoms with Crippen LogP contribution < -0.4 is 20.9 Å². The predicted octanol–water partition coefficient (Wildman–Crippen LogP) is 1.32. The number of hydrogen-bond donors (Lipinski definition) is 2. The summed E-state index contributed by atoms with van der Waals surface area (Å²) in [4.78, 5) is 26.6. The number of carbonyl (C=O) groups excluding carboxylic acids is 2. The van der Waals surface area contributed by atoms with Crippen molar-refractivity contribution in [2.24, 2.45) is 23.5 Å². The second-order valence-corrected chi connectivity index (χ2v) is 7.66. The molecule has 4 rings (SSSR count). The highest BCUT2D eigenvalue weighted by Crippen LogP contribution is 2.54. The van der Waals surface area contributed by atoms with Crippen molar-refractivity contribution in [1.29, 1.82) is 0 Å². The zero-order valence-corrected chi connectivity index (χ0v) is 15.4. The third-order valence-electron chi connectivity index (χ3n) is 5.91. The van der Waals surface area contributed by atoms with Crippen molar-refractivity contribution in [3.63, 3.8) is 0 Å². The molecule has 0 bridgehead atoms. The van der Waals surface area contributed by atoms with Gasteiger partial charge in [-0.3, -0.25) is 9.69 Å². The van der Waals surface area contributed by atoms with Gasteiger partial charge in [-0.25, -0.2) is 9.18 Å². The van der Waals surface area contributed by atoms with Crippen molar-refractivity contribution in [1.82, 2.24) is 5.32 Å². The van der Waals surface area contributed by atoms with Crippen molar-refractivity contribution >= 4 is 23.4 Å². The minimum atomic E-state index is -0.524. The molecule has 0 aromatic heterocycles. The molecule has 1 aromatic carbocycles. The first kappa shape index (κ1) is 18.0. The molecule has 27 heavy (non-hydrogen) atoms. The second kappa shape index (κ2) is 6.99. The van der Waals surface area contributed by atoms with Crippen LogP contribution in [0.4, 0.5) is 20.6 Å². The Labute approximate surface area is 157 Å². The zero-order chi connectivity index (χ0) is 19.1. The second-order valence-electron chi connectivity index (χ2n) is 7.66. The average molecular weight is 376 g/mol. The van der Waals surface area contributed by atoms with Crippen molar-refractivity contribution in [3.05, 3.63) is 24.0 Å². The molecule has 146 valence electrons. The number of hydrogen-bond acceptors (Lipinski definition) is 5. The lowest BCUT2D eigenvalue weighted by Gasteiger charge is -2.23. The largest absolute Gasteiger partial charge is 0.442 e. The van der Waals surface area contributed by atoms with Gasteiger partial charge in [-0.1, -0.05) is 0 Å². The molecular weight excluding hydrogens is 351 g/mol. The molecule has 0 radical (unpaired) electrons. The molecule has 2 aliphatic heterocycles. The first-order chi connectivity index (χ1) is 13.0. The molecule has 3 aliphatic rings. The number of benzene rings is 1. The quantitative estimate of drug-likeness (QED) is 0.782. The molecule has 7 nitrogen and oxygen atoms in total. The lowest BCUT2D eigenvalue weighted by atomic mass is 10.1. The number of piperidine rings is 1. The van der Waals surface area contributed by atoms with Gasteiger partial charge in [-0.05, 0) is 48.9 Å². The van der Waals surface area contributed by atoms with E-state index in [2.05, 4.69) is 10.2 Å². The van der Waals surface area contributed by atoms with Crippen LogP contribution in [0.3, 0.4) is 0 Å². The maximum atomic E-state index is 14.7. The van der Waals surface area contributed by atoms with E-state index in [1.165, 1.54) is 17.9 Å². The SMILES string of the molecule is CC(=O)NC[C@H]1CN(c2ccc(N3CC4C(CCN)C4C3)c(F)c2)C(=O)O1. The number of halogens is 1. The number of ether oxygens (including phenoxy) is 1. The fourth-order valence-electron chi connectivity index (χ4n) is 4.48. The monoisotopic (exact) mass is 376 g/mol. The van der Waals surface area contributed by atoms with Gasteiger partial charge in [0.1, 0.15) is 11.9 Å². The highest BCUT2D eigenvalue weighted by Gasteiger charge is 2.55. The maximum absolute atomic E-state index is 14.7. The van der Waals surface area contributed by atoms with Crippen molar-refractivity contribution < 1.29 is 18.7 Å². The summed E-state index contributed by atoms with van der Waals surface area (Å²) >= 11 is 0. The number of rotatable bonds is 6. The van der Waals surface area contributed by atoms with E-state index in [0.717, 1.165) is 26.1 Å². The van der Waals surface area contributed by atoms with E-state index in [0.29, 0.717) is 29.1 Å². The number of anilines is 2. The molecule has 3 fully saturated rings. The van der Waals surface area contributed by atoms with E-state index < -0.39 is 12.2 Å². The number of cyclic esters (lactones) is 1. The van der Waals surface area contributed by atoms with Gasteiger partial charge in [0.15, 0.2) is 0 Å². The highest BCUT2D eigenvalue weighted by molar-refractivity contribution is 5.90. The van der Waals surface area contributed by atoms with Gasteiger partial charge in [-0.2, -0.15) is 0 Å².